The maximum absolute atomic E-state index is 12.9. The van der Waals surface area contributed by atoms with Crippen molar-refractivity contribution in [1.29, 1.82) is 0 Å². The van der Waals surface area contributed by atoms with Gasteiger partial charge in [-0.05, 0) is 140 Å². The van der Waals surface area contributed by atoms with E-state index in [9.17, 15) is 8.42 Å². The number of sulfone groups is 1. The topological polar surface area (TPSA) is 111 Å². The fraction of sp³-hybridized carbons (Fsp3) is 0.143. The van der Waals surface area contributed by atoms with E-state index in [1.54, 1.807) is 78.9 Å². The summed E-state index contributed by atoms with van der Waals surface area (Å²) in [4.78, 5) is 27.5. The van der Waals surface area contributed by atoms with Gasteiger partial charge in [0, 0.05) is 108 Å². The number of aromatic nitrogens is 6. The summed E-state index contributed by atoms with van der Waals surface area (Å²) >= 11 is 0. The third-order valence-electron chi connectivity index (χ3n) is 23.0. The third kappa shape index (κ3) is 21.3. The zero-order valence-corrected chi connectivity index (χ0v) is 87.2. The van der Waals surface area contributed by atoms with Crippen LogP contribution < -0.4 is 46.7 Å². The summed E-state index contributed by atoms with van der Waals surface area (Å²) in [5, 5.41) is 12.9. The van der Waals surface area contributed by atoms with E-state index in [0.29, 0.717) is 32.4 Å². The maximum atomic E-state index is 12.9. The Kier molecular flexibility index (Phi) is 27.4. The minimum atomic E-state index is -3.48. The molecule has 17 aromatic rings. The molecule has 0 N–H and O–H groups in total. The minimum absolute atomic E-state index is 0. The number of benzene rings is 11. The first-order chi connectivity index (χ1) is 64.1. The smallest absolute Gasteiger partial charge is 0.189 e. The van der Waals surface area contributed by atoms with Crippen LogP contribution in [0.5, 0.6) is 0 Å². The SMILES string of the molecule is C[Si](C)(C)c1ccc(-c2[c-]cc3c(c2)[Si](c2ccccc2)(c2ccccc2)c2ccccc2-3)nc1.Cc1cc(-c2[c-]cc3c(c2)S(=O)(=O)c2ccccc2-3)ncc1[Si](C)(C)C.Cc1cc(-c2[c-]ccc3c2[Si](C)(C)c2ccccc2-3)ncc1[Si](C)(C)C.[2H]C([2H])([2H])c1cccc(-c2[c-]cccc2)n1.[2H]C([2H])([2H])c1cccc(-c2[c-]cccc2)n1.[2H]C([2H])([2H])c1cccc(-c2[c-]cccc2)n1.[Ir].[Ir].[Ir]. The van der Waals surface area contributed by atoms with Gasteiger partial charge in [-0.1, -0.05) is 299 Å². The fourth-order valence-corrected chi connectivity index (χ4v) is 31.7. The van der Waals surface area contributed by atoms with Gasteiger partial charge in [-0.25, -0.2) is 8.42 Å². The van der Waals surface area contributed by atoms with Gasteiger partial charge in [0.15, 0.2) is 17.9 Å². The van der Waals surface area contributed by atoms with E-state index in [0.717, 1.165) is 50.5 Å². The molecule has 0 saturated carbocycles. The molecule has 0 unspecified atom stereocenters. The van der Waals surface area contributed by atoms with Gasteiger partial charge >= 0.3 is 0 Å². The second kappa shape index (κ2) is 41.6. The number of pyridine rings is 6. The second-order valence-electron chi connectivity index (χ2n) is 35.1. The summed E-state index contributed by atoms with van der Waals surface area (Å²) in [6.07, 6.45) is 6.15. The van der Waals surface area contributed by atoms with Crippen LogP contribution >= 0.6 is 0 Å². The Morgan fingerprint density at radius 1 is 0.326 bits per heavy atom. The largest absolute Gasteiger partial charge is 0.305 e. The molecule has 3 radical (unpaired) electrons. The number of aryl methyl sites for hydroxylation is 5. The van der Waals surface area contributed by atoms with Crippen LogP contribution in [0.4, 0.5) is 0 Å². The Morgan fingerprint density at radius 2 is 0.760 bits per heavy atom. The van der Waals surface area contributed by atoms with Crippen LogP contribution in [0.15, 0.2) is 350 Å². The molecule has 653 valence electrons. The van der Waals surface area contributed by atoms with E-state index in [1.165, 1.54) is 104 Å². The summed E-state index contributed by atoms with van der Waals surface area (Å²) in [6, 6.07) is 125. The summed E-state index contributed by atoms with van der Waals surface area (Å²) in [7, 11) is -11.9. The average Bonchev–Trinajstić information content (AvgIpc) is 1.54. The molecular formula is C112H104Ir3N6O2SSi5-6. The number of fused-ring (bicyclic) bond motifs is 9. The van der Waals surface area contributed by atoms with Crippen molar-refractivity contribution >= 4 is 96.9 Å². The number of hydrogen-bond acceptors (Lipinski definition) is 8. The van der Waals surface area contributed by atoms with Gasteiger partial charge in [-0.3, -0.25) is 0 Å². The van der Waals surface area contributed by atoms with Crippen LogP contribution in [-0.4, -0.2) is 78.7 Å². The van der Waals surface area contributed by atoms with Gasteiger partial charge < -0.3 is 29.9 Å². The van der Waals surface area contributed by atoms with Crippen LogP contribution in [0.1, 0.15) is 40.5 Å². The van der Waals surface area contributed by atoms with E-state index in [1.807, 2.05) is 79.0 Å². The van der Waals surface area contributed by atoms with Crippen molar-refractivity contribution in [3.05, 3.63) is 405 Å². The summed E-state index contributed by atoms with van der Waals surface area (Å²) in [5.74, 6) is 0. The van der Waals surface area contributed by atoms with Crippen molar-refractivity contribution in [2.24, 2.45) is 0 Å². The van der Waals surface area contributed by atoms with Gasteiger partial charge in [0.05, 0.1) is 37.2 Å². The van der Waals surface area contributed by atoms with Gasteiger partial charge in [0.25, 0.3) is 0 Å². The van der Waals surface area contributed by atoms with Gasteiger partial charge in [0.1, 0.15) is 0 Å². The number of nitrogens with zero attached hydrogens (tertiary/aromatic N) is 6. The van der Waals surface area contributed by atoms with Crippen LogP contribution in [0.25, 0.3) is 101 Å². The molecular weight excluding hydrogens is 2210 g/mol. The summed E-state index contributed by atoms with van der Waals surface area (Å²) in [6.45, 7) is 23.9. The van der Waals surface area contributed by atoms with Crippen molar-refractivity contribution in [3.8, 4) is 101 Å². The molecule has 0 fully saturated rings. The zero-order valence-electron chi connectivity index (χ0n) is 83.2. The normalized spacial score (nSPS) is 14.0. The van der Waals surface area contributed by atoms with E-state index < -0.39 is 70.8 Å². The molecule has 0 aliphatic carbocycles. The zero-order chi connectivity index (χ0) is 96.2. The van der Waals surface area contributed by atoms with Crippen LogP contribution in [-0.2, 0) is 70.2 Å². The summed E-state index contributed by atoms with van der Waals surface area (Å²) < 4.78 is 91.4. The molecule has 0 bridgehead atoms. The first kappa shape index (κ1) is 85.1. The third-order valence-corrected chi connectivity index (χ3v) is 39.6. The van der Waals surface area contributed by atoms with E-state index in [-0.39, 0.29) is 77.4 Å². The molecule has 3 aliphatic heterocycles. The van der Waals surface area contributed by atoms with Crippen LogP contribution in [0, 0.1) is 70.8 Å². The molecule has 0 saturated heterocycles. The molecule has 8 nitrogen and oxygen atoms in total. The monoisotopic (exact) mass is 2320 g/mol. The van der Waals surface area contributed by atoms with Gasteiger partial charge in [-0.2, -0.15) is 0 Å². The van der Waals surface area contributed by atoms with E-state index in [2.05, 4.69) is 306 Å². The number of rotatable bonds is 11. The maximum Gasteiger partial charge on any atom is 0.189 e. The quantitative estimate of drug-likeness (QED) is 0.0930. The Labute approximate surface area is 822 Å². The molecule has 0 atom stereocenters. The summed E-state index contributed by atoms with van der Waals surface area (Å²) in [5.41, 5.74) is 20.0. The van der Waals surface area contributed by atoms with Crippen LogP contribution in [0.3, 0.4) is 0 Å². The molecule has 20 rings (SSSR count). The van der Waals surface area contributed by atoms with Gasteiger partial charge in [-0.15, -0.1) is 189 Å². The van der Waals surface area contributed by atoms with Crippen molar-refractivity contribution < 1.29 is 81.1 Å². The van der Waals surface area contributed by atoms with Crippen molar-refractivity contribution in [2.45, 2.75) is 116 Å². The van der Waals surface area contributed by atoms with Crippen molar-refractivity contribution in [3.63, 3.8) is 0 Å². The fourth-order valence-electron chi connectivity index (χ4n) is 17.0. The average molecular weight is 2320 g/mol. The molecule has 17 heteroatoms. The molecule has 0 spiro atoms. The molecule has 3 aliphatic rings. The number of hydrogen-bond donors (Lipinski definition) is 0. The second-order valence-corrected chi connectivity index (χ2v) is 60.2. The van der Waals surface area contributed by atoms with Crippen molar-refractivity contribution in [2.75, 3.05) is 0 Å². The standard InChI is InChI=1S/C32H28NSi2.C23H26NSi2.C21H20NO2SSi.3C12H10N.3Ir/c1-34(2,3)27-19-21-30(33-23-27)24-18-20-29-28-16-10-11-17-31(28)35(32(29)22-24,25-12-6-4-7-13-25)26-14-8-5-9-15-26;1-16-14-20(24-15-22(16)25(2,3)4)19-12-9-11-18-17-10-7-8-13-21(17)26(5,6)23(18)19;1-14-11-18(22-13-21(14)26(2,3)4)15-9-10-17-16-7-5-6-8-19(16)25(23,24)20(17)12-15;3*1-10-6-5-9-12(13-10)11-7-3-2-4-8-11;;;/h4-17,19-23H,1-3H3;7-11,13-15H,1-6H3;5-8,10-13H,1-4H3;3*2-7,9H,1H3;;;/q6*-1;;;/i;;;3*1D3;;;. The Morgan fingerprint density at radius 3 is 1.22 bits per heavy atom. The predicted octanol–water partition coefficient (Wildman–Crippen LogP) is 21.4. The molecule has 6 aromatic heterocycles. The Hall–Kier alpha value is -10.7. The predicted molar refractivity (Wildman–Crippen MR) is 539 cm³/mol. The van der Waals surface area contributed by atoms with Crippen molar-refractivity contribution in [1.82, 2.24) is 29.9 Å². The molecule has 9 heterocycles. The Balaban J connectivity index is 0.000000152. The Bertz CT molecular complexity index is 7020. The molecule has 11 aromatic carbocycles. The van der Waals surface area contributed by atoms with E-state index in [4.69, 9.17) is 22.3 Å². The first-order valence-electron chi connectivity index (χ1n) is 46.7. The van der Waals surface area contributed by atoms with Gasteiger partial charge in [0.2, 0.25) is 0 Å². The minimum Gasteiger partial charge on any atom is -0.305 e. The van der Waals surface area contributed by atoms with E-state index >= 15 is 0 Å². The van der Waals surface area contributed by atoms with Crippen LogP contribution in [0.2, 0.25) is 72.0 Å². The molecule has 0 amide bonds. The molecule has 129 heavy (non-hydrogen) atoms. The first-order valence-corrected chi connectivity index (χ1v) is 59.2.